The highest BCUT2D eigenvalue weighted by atomic mass is 16.4. The van der Waals surface area contributed by atoms with Gasteiger partial charge in [-0.1, -0.05) is 0 Å². The van der Waals surface area contributed by atoms with Gasteiger partial charge in [-0.15, -0.1) is 0 Å². The van der Waals surface area contributed by atoms with Crippen molar-refractivity contribution in [1.29, 1.82) is 0 Å². The molecule has 0 aromatic carbocycles. The van der Waals surface area contributed by atoms with Crippen LogP contribution in [0.5, 0.6) is 0 Å². The van der Waals surface area contributed by atoms with Gasteiger partial charge in [-0.25, -0.2) is 0 Å². The molecule has 102 valence electrons. The number of carboxylic acids is 1. The van der Waals surface area contributed by atoms with E-state index in [0.29, 0.717) is 6.04 Å². The van der Waals surface area contributed by atoms with Crippen LogP contribution in [0.3, 0.4) is 0 Å². The molecule has 3 rings (SSSR count). The predicted octanol–water partition coefficient (Wildman–Crippen LogP) is 1.55. The average Bonchev–Trinajstić information content (AvgIpc) is 3.09. The Balaban J connectivity index is 1.71. The summed E-state index contributed by atoms with van der Waals surface area (Å²) in [5.41, 5.74) is -0.623. The summed E-state index contributed by atoms with van der Waals surface area (Å²) < 4.78 is 0. The second kappa shape index (κ2) is 4.49. The first-order valence-corrected chi connectivity index (χ1v) is 7.35. The zero-order valence-corrected chi connectivity index (χ0v) is 11.3. The molecule has 1 saturated carbocycles. The molecule has 2 heterocycles. The Morgan fingerprint density at radius 2 is 1.94 bits per heavy atom. The summed E-state index contributed by atoms with van der Waals surface area (Å²) in [5.74, 6) is -0.632. The van der Waals surface area contributed by atoms with Crippen molar-refractivity contribution in [1.82, 2.24) is 9.80 Å². The molecule has 1 N–H and O–H groups in total. The minimum absolute atomic E-state index is 0.465. The van der Waals surface area contributed by atoms with E-state index in [-0.39, 0.29) is 0 Å². The van der Waals surface area contributed by atoms with Gasteiger partial charge in [0.25, 0.3) is 0 Å². The van der Waals surface area contributed by atoms with Gasteiger partial charge in [-0.2, -0.15) is 0 Å². The second-order valence-corrected chi connectivity index (χ2v) is 6.40. The third-order valence-corrected chi connectivity index (χ3v) is 5.11. The van der Waals surface area contributed by atoms with E-state index >= 15 is 0 Å². The molecular weight excluding hydrogens is 228 g/mol. The predicted molar refractivity (Wildman–Crippen MR) is 69.6 cm³/mol. The fraction of sp³-hybridized carbons (Fsp3) is 0.929. The molecule has 1 aliphatic carbocycles. The van der Waals surface area contributed by atoms with Gasteiger partial charge in [0.1, 0.15) is 5.54 Å². The van der Waals surface area contributed by atoms with Gasteiger partial charge in [0.2, 0.25) is 0 Å². The largest absolute Gasteiger partial charge is 0.480 e. The number of aliphatic carboxylic acids is 1. The van der Waals surface area contributed by atoms with Crippen molar-refractivity contribution in [2.24, 2.45) is 0 Å². The number of carbonyl (C=O) groups is 1. The SMILES string of the molecule is CC1(C(=O)O)CCCCN1C1CCN(C2CC2)C1. The molecule has 0 aromatic heterocycles. The van der Waals surface area contributed by atoms with Crippen LogP contribution in [-0.4, -0.2) is 58.1 Å². The fourth-order valence-corrected chi connectivity index (χ4v) is 3.75. The maximum absolute atomic E-state index is 11.6. The first kappa shape index (κ1) is 12.4. The molecule has 0 aromatic rings. The summed E-state index contributed by atoms with van der Waals surface area (Å²) in [6.07, 6.45) is 6.87. The van der Waals surface area contributed by atoms with E-state index in [1.54, 1.807) is 0 Å². The van der Waals surface area contributed by atoms with Crippen LogP contribution >= 0.6 is 0 Å². The third kappa shape index (κ3) is 2.05. The number of rotatable bonds is 3. The lowest BCUT2D eigenvalue weighted by Gasteiger charge is -2.45. The molecule has 2 saturated heterocycles. The minimum atomic E-state index is -0.632. The van der Waals surface area contributed by atoms with Crippen LogP contribution in [0.2, 0.25) is 0 Å². The van der Waals surface area contributed by atoms with Crippen molar-refractivity contribution in [3.05, 3.63) is 0 Å². The summed E-state index contributed by atoms with van der Waals surface area (Å²) in [7, 11) is 0. The van der Waals surface area contributed by atoms with Crippen molar-refractivity contribution in [3.8, 4) is 0 Å². The molecule has 2 unspecified atom stereocenters. The van der Waals surface area contributed by atoms with Crippen molar-refractivity contribution in [3.63, 3.8) is 0 Å². The molecule has 0 bridgehead atoms. The van der Waals surface area contributed by atoms with Crippen LogP contribution < -0.4 is 0 Å². The molecule has 0 amide bonds. The highest BCUT2D eigenvalue weighted by molar-refractivity contribution is 5.78. The lowest BCUT2D eigenvalue weighted by molar-refractivity contribution is -0.154. The molecule has 18 heavy (non-hydrogen) atoms. The van der Waals surface area contributed by atoms with Crippen LogP contribution in [-0.2, 0) is 4.79 Å². The third-order valence-electron chi connectivity index (χ3n) is 5.11. The van der Waals surface area contributed by atoms with Gasteiger partial charge in [-0.3, -0.25) is 14.6 Å². The Kier molecular flexibility index (Phi) is 3.10. The number of carboxylic acid groups (broad SMARTS) is 1. The number of piperidine rings is 1. The molecule has 4 nitrogen and oxygen atoms in total. The van der Waals surface area contributed by atoms with Crippen molar-refractivity contribution in [2.75, 3.05) is 19.6 Å². The molecule has 0 radical (unpaired) electrons. The van der Waals surface area contributed by atoms with Crippen LogP contribution in [0.4, 0.5) is 0 Å². The maximum atomic E-state index is 11.6. The minimum Gasteiger partial charge on any atom is -0.480 e. The molecular formula is C14H24N2O2. The summed E-state index contributed by atoms with van der Waals surface area (Å²) in [4.78, 5) is 16.5. The van der Waals surface area contributed by atoms with Crippen molar-refractivity contribution >= 4 is 5.97 Å². The highest BCUT2D eigenvalue weighted by Gasteiger charge is 2.47. The Labute approximate surface area is 109 Å². The van der Waals surface area contributed by atoms with Crippen LogP contribution in [0.25, 0.3) is 0 Å². The van der Waals surface area contributed by atoms with Gasteiger partial charge < -0.3 is 5.11 Å². The van der Waals surface area contributed by atoms with E-state index in [1.165, 1.54) is 19.4 Å². The molecule has 3 aliphatic rings. The van der Waals surface area contributed by atoms with Crippen LogP contribution in [0, 0.1) is 0 Å². The van der Waals surface area contributed by atoms with E-state index in [9.17, 15) is 9.90 Å². The lowest BCUT2D eigenvalue weighted by Crippen LogP contribution is -2.59. The zero-order chi connectivity index (χ0) is 12.8. The van der Waals surface area contributed by atoms with Gasteiger partial charge >= 0.3 is 5.97 Å². The second-order valence-electron chi connectivity index (χ2n) is 6.40. The smallest absolute Gasteiger partial charge is 0.323 e. The molecule has 2 atom stereocenters. The van der Waals surface area contributed by atoms with E-state index < -0.39 is 11.5 Å². The molecule has 4 heteroatoms. The summed E-state index contributed by atoms with van der Waals surface area (Å²) in [6, 6.07) is 1.28. The van der Waals surface area contributed by atoms with E-state index in [4.69, 9.17) is 0 Å². The zero-order valence-electron chi connectivity index (χ0n) is 11.3. The van der Waals surface area contributed by atoms with Gasteiger partial charge in [0.15, 0.2) is 0 Å². The summed E-state index contributed by atoms with van der Waals surface area (Å²) in [5, 5.41) is 9.56. The number of hydrogen-bond acceptors (Lipinski definition) is 3. The molecule has 3 fully saturated rings. The fourth-order valence-electron chi connectivity index (χ4n) is 3.75. The van der Waals surface area contributed by atoms with Gasteiger partial charge in [0, 0.05) is 25.2 Å². The molecule has 2 aliphatic heterocycles. The van der Waals surface area contributed by atoms with E-state index in [0.717, 1.165) is 44.8 Å². The van der Waals surface area contributed by atoms with Crippen molar-refractivity contribution < 1.29 is 9.90 Å². The summed E-state index contributed by atoms with van der Waals surface area (Å²) >= 11 is 0. The number of hydrogen-bond donors (Lipinski definition) is 1. The Morgan fingerprint density at radius 3 is 2.61 bits per heavy atom. The summed E-state index contributed by atoms with van der Waals surface area (Å²) in [6.45, 7) is 5.15. The van der Waals surface area contributed by atoms with Gasteiger partial charge in [0.05, 0.1) is 0 Å². The van der Waals surface area contributed by atoms with Crippen LogP contribution in [0.15, 0.2) is 0 Å². The quantitative estimate of drug-likeness (QED) is 0.827. The van der Waals surface area contributed by atoms with E-state index in [1.807, 2.05) is 6.92 Å². The van der Waals surface area contributed by atoms with E-state index in [2.05, 4.69) is 9.80 Å². The Hall–Kier alpha value is -0.610. The first-order valence-electron chi connectivity index (χ1n) is 7.35. The normalized spacial score (nSPS) is 39.1. The van der Waals surface area contributed by atoms with Gasteiger partial charge in [-0.05, 0) is 52.0 Å². The highest BCUT2D eigenvalue weighted by Crippen LogP contribution is 2.36. The van der Waals surface area contributed by atoms with Crippen LogP contribution in [0.1, 0.15) is 45.4 Å². The number of nitrogens with zero attached hydrogens (tertiary/aromatic N) is 2. The first-order chi connectivity index (χ1) is 8.61. The standard InChI is InChI=1S/C14H24N2O2/c1-14(13(17)18)7-2-3-8-16(14)12-6-9-15(10-12)11-4-5-11/h11-12H,2-10H2,1H3,(H,17,18). The average molecular weight is 252 g/mol. The molecule has 0 spiro atoms. The maximum Gasteiger partial charge on any atom is 0.323 e. The monoisotopic (exact) mass is 252 g/mol. The Bertz CT molecular complexity index is 343. The van der Waals surface area contributed by atoms with Crippen molar-refractivity contribution in [2.45, 2.75) is 63.1 Å². The topological polar surface area (TPSA) is 43.8 Å². The number of likely N-dealkylation sites (tertiary alicyclic amines) is 2. The Morgan fingerprint density at radius 1 is 1.17 bits per heavy atom. The lowest BCUT2D eigenvalue weighted by atomic mass is 9.86.